The van der Waals surface area contributed by atoms with Crippen LogP contribution in [0, 0.1) is 0 Å². The molecule has 1 aromatic carbocycles. The van der Waals surface area contributed by atoms with Crippen LogP contribution in [-0.2, 0) is 21.3 Å². The number of nitrogens with zero attached hydrogens (tertiary/aromatic N) is 2. The van der Waals surface area contributed by atoms with E-state index in [4.69, 9.17) is 0 Å². The van der Waals surface area contributed by atoms with Gasteiger partial charge in [-0.05, 0) is 17.7 Å². The fourth-order valence-corrected chi connectivity index (χ4v) is 3.49. The van der Waals surface area contributed by atoms with Crippen LogP contribution in [0.5, 0.6) is 0 Å². The molecule has 0 N–H and O–H groups in total. The Kier molecular flexibility index (Phi) is 4.59. The Labute approximate surface area is 127 Å². The van der Waals surface area contributed by atoms with Crippen molar-refractivity contribution < 1.29 is 17.9 Å². The number of anilines is 1. The zero-order chi connectivity index (χ0) is 15.5. The lowest BCUT2D eigenvalue weighted by Crippen LogP contribution is -2.29. The van der Waals surface area contributed by atoms with Crippen LogP contribution in [0.25, 0.3) is 0 Å². The minimum absolute atomic E-state index is 0.161. The fraction of sp³-hybridized carbons (Fsp3) is 0.231. The molecule has 21 heavy (non-hydrogen) atoms. The minimum atomic E-state index is -3.43. The number of hydrogen-bond donors (Lipinski definition) is 0. The van der Waals surface area contributed by atoms with Gasteiger partial charge in [-0.2, -0.15) is 0 Å². The Morgan fingerprint density at radius 2 is 2.00 bits per heavy atom. The van der Waals surface area contributed by atoms with Crippen molar-refractivity contribution in [3.05, 3.63) is 47.0 Å². The van der Waals surface area contributed by atoms with Crippen LogP contribution in [0.15, 0.2) is 35.8 Å². The quantitative estimate of drug-likeness (QED) is 0.784. The molecule has 2 aromatic rings. The Morgan fingerprint density at radius 3 is 2.48 bits per heavy atom. The maximum atomic E-state index is 11.9. The van der Waals surface area contributed by atoms with E-state index in [0.717, 1.165) is 11.8 Å². The van der Waals surface area contributed by atoms with Crippen LogP contribution >= 0.6 is 11.3 Å². The highest BCUT2D eigenvalue weighted by Crippen LogP contribution is 2.22. The number of aromatic nitrogens is 1. The van der Waals surface area contributed by atoms with Gasteiger partial charge in [-0.25, -0.2) is 22.5 Å². The van der Waals surface area contributed by atoms with E-state index in [1.54, 1.807) is 35.8 Å². The number of benzene rings is 1. The summed E-state index contributed by atoms with van der Waals surface area (Å²) >= 11 is 1.25. The topological polar surface area (TPSA) is 76.6 Å². The first-order chi connectivity index (χ1) is 9.91. The van der Waals surface area contributed by atoms with Crippen LogP contribution in [0.2, 0.25) is 0 Å². The average molecular weight is 326 g/mol. The summed E-state index contributed by atoms with van der Waals surface area (Å²) in [5.41, 5.74) is 1.17. The lowest BCUT2D eigenvalue weighted by atomic mass is 10.1. The molecule has 0 spiro atoms. The lowest BCUT2D eigenvalue weighted by Gasteiger charge is -2.19. The van der Waals surface area contributed by atoms with Gasteiger partial charge in [-0.1, -0.05) is 12.1 Å². The zero-order valence-electron chi connectivity index (χ0n) is 11.5. The third-order valence-electron chi connectivity index (χ3n) is 2.73. The van der Waals surface area contributed by atoms with Gasteiger partial charge in [-0.15, -0.1) is 11.3 Å². The van der Waals surface area contributed by atoms with Crippen molar-refractivity contribution in [1.82, 2.24) is 4.98 Å². The molecular weight excluding hydrogens is 312 g/mol. The summed E-state index contributed by atoms with van der Waals surface area (Å²) < 4.78 is 29.6. The first-order valence-corrected chi connectivity index (χ1v) is 8.69. The van der Waals surface area contributed by atoms with Gasteiger partial charge in [0.2, 0.25) is 10.0 Å². The summed E-state index contributed by atoms with van der Waals surface area (Å²) in [7, 11) is -2.12. The third-order valence-corrected chi connectivity index (χ3v) is 4.75. The van der Waals surface area contributed by atoms with Gasteiger partial charge in [0.1, 0.15) is 0 Å². The predicted octanol–water partition coefficient (Wildman–Crippen LogP) is 1.90. The van der Waals surface area contributed by atoms with Gasteiger partial charge in [0.15, 0.2) is 5.13 Å². The number of carbonyl (C=O) groups is 1. The molecule has 0 fully saturated rings. The Hall–Kier alpha value is -1.93. The Morgan fingerprint density at radius 1 is 1.33 bits per heavy atom. The van der Waals surface area contributed by atoms with Gasteiger partial charge < -0.3 is 4.74 Å². The Bertz CT molecular complexity index is 709. The van der Waals surface area contributed by atoms with Gasteiger partial charge in [-0.3, -0.25) is 0 Å². The summed E-state index contributed by atoms with van der Waals surface area (Å²) in [6.07, 6.45) is 2.69. The largest absolute Gasteiger partial charge is 0.465 e. The summed E-state index contributed by atoms with van der Waals surface area (Å²) in [6.45, 7) is 0.161. The van der Waals surface area contributed by atoms with Crippen LogP contribution in [0.1, 0.15) is 15.9 Å². The molecule has 0 aliphatic carbocycles. The molecule has 0 radical (unpaired) electrons. The molecule has 2 rings (SSSR count). The highest BCUT2D eigenvalue weighted by Gasteiger charge is 2.20. The highest BCUT2D eigenvalue weighted by molar-refractivity contribution is 7.92. The molecule has 112 valence electrons. The summed E-state index contributed by atoms with van der Waals surface area (Å²) in [5, 5.41) is 2.13. The van der Waals surface area contributed by atoms with E-state index in [9.17, 15) is 13.2 Å². The second-order valence-electron chi connectivity index (χ2n) is 4.27. The molecular formula is C13H14N2O4S2. The standard InChI is InChI=1S/C13H14N2O4S2/c1-19-12(16)11-5-3-10(4-6-11)9-15(21(2,17)18)13-14-7-8-20-13/h3-8H,9H2,1-2H3. The maximum absolute atomic E-state index is 11.9. The summed E-state index contributed by atoms with van der Waals surface area (Å²) in [4.78, 5) is 15.4. The van der Waals surface area contributed by atoms with Crippen molar-refractivity contribution in [3.8, 4) is 0 Å². The van der Waals surface area contributed by atoms with Crippen molar-refractivity contribution in [2.75, 3.05) is 17.7 Å². The number of thiazole rings is 1. The number of ether oxygens (including phenoxy) is 1. The van der Waals surface area contributed by atoms with E-state index in [2.05, 4.69) is 9.72 Å². The molecule has 0 saturated carbocycles. The zero-order valence-corrected chi connectivity index (χ0v) is 13.1. The van der Waals surface area contributed by atoms with E-state index >= 15 is 0 Å². The second-order valence-corrected chi connectivity index (χ2v) is 7.05. The van der Waals surface area contributed by atoms with Gasteiger partial charge in [0.25, 0.3) is 0 Å². The second kappa shape index (κ2) is 6.23. The van der Waals surface area contributed by atoms with E-state index in [1.165, 1.54) is 22.8 Å². The predicted molar refractivity (Wildman–Crippen MR) is 80.9 cm³/mol. The molecule has 0 unspecified atom stereocenters. The van der Waals surface area contributed by atoms with Crippen molar-refractivity contribution in [2.24, 2.45) is 0 Å². The molecule has 0 aliphatic heterocycles. The monoisotopic (exact) mass is 326 g/mol. The average Bonchev–Trinajstić information content (AvgIpc) is 2.97. The molecule has 0 aliphatic rings. The summed E-state index contributed by atoms with van der Waals surface area (Å²) in [6, 6.07) is 6.59. The maximum Gasteiger partial charge on any atom is 0.337 e. The molecule has 8 heteroatoms. The van der Waals surface area contributed by atoms with Crippen LogP contribution in [0.3, 0.4) is 0 Å². The number of methoxy groups -OCH3 is 1. The van der Waals surface area contributed by atoms with Crippen molar-refractivity contribution >= 4 is 32.5 Å². The van der Waals surface area contributed by atoms with E-state index in [0.29, 0.717) is 10.7 Å². The van der Waals surface area contributed by atoms with Crippen LogP contribution in [-0.4, -0.2) is 32.7 Å². The molecule has 6 nitrogen and oxygen atoms in total. The Balaban J connectivity index is 2.24. The SMILES string of the molecule is COC(=O)c1ccc(CN(c2nccs2)S(C)(=O)=O)cc1. The van der Waals surface area contributed by atoms with Gasteiger partial charge >= 0.3 is 5.97 Å². The van der Waals surface area contributed by atoms with Crippen molar-refractivity contribution in [1.29, 1.82) is 0 Å². The summed E-state index contributed by atoms with van der Waals surface area (Å²) in [5.74, 6) is -0.429. The number of carbonyl (C=O) groups excluding carboxylic acids is 1. The van der Waals surface area contributed by atoms with Gasteiger partial charge in [0, 0.05) is 11.6 Å². The fourth-order valence-electron chi connectivity index (χ4n) is 1.70. The number of hydrogen-bond acceptors (Lipinski definition) is 6. The minimum Gasteiger partial charge on any atom is -0.465 e. The van der Waals surface area contributed by atoms with Crippen molar-refractivity contribution in [2.45, 2.75) is 6.54 Å². The first-order valence-electron chi connectivity index (χ1n) is 5.96. The van der Waals surface area contributed by atoms with Crippen LogP contribution in [0.4, 0.5) is 5.13 Å². The molecule has 0 bridgehead atoms. The van der Waals surface area contributed by atoms with Crippen molar-refractivity contribution in [3.63, 3.8) is 0 Å². The number of sulfonamides is 1. The van der Waals surface area contributed by atoms with E-state index < -0.39 is 16.0 Å². The van der Waals surface area contributed by atoms with E-state index in [-0.39, 0.29) is 6.54 Å². The third kappa shape index (κ3) is 3.79. The molecule has 0 amide bonds. The lowest BCUT2D eigenvalue weighted by molar-refractivity contribution is 0.0600. The molecule has 1 aromatic heterocycles. The number of esters is 1. The highest BCUT2D eigenvalue weighted by atomic mass is 32.2. The molecule has 1 heterocycles. The smallest absolute Gasteiger partial charge is 0.337 e. The molecule has 0 atom stereocenters. The number of rotatable bonds is 5. The first kappa shape index (κ1) is 15.5. The van der Waals surface area contributed by atoms with Crippen LogP contribution < -0.4 is 4.31 Å². The van der Waals surface area contributed by atoms with Gasteiger partial charge in [0.05, 0.1) is 25.5 Å². The normalized spacial score (nSPS) is 11.1. The van der Waals surface area contributed by atoms with E-state index in [1.807, 2.05) is 0 Å². The molecule has 0 saturated heterocycles.